The highest BCUT2D eigenvalue weighted by Gasteiger charge is 2.28. The van der Waals surface area contributed by atoms with Crippen molar-refractivity contribution in [1.29, 1.82) is 0 Å². The second kappa shape index (κ2) is 5.96. The second-order valence-corrected chi connectivity index (χ2v) is 6.37. The number of hydrogen-bond acceptors (Lipinski definition) is 2. The van der Waals surface area contributed by atoms with Crippen molar-refractivity contribution in [2.24, 2.45) is 4.99 Å². The summed E-state index contributed by atoms with van der Waals surface area (Å²) in [4.78, 5) is 7.09. The molecule has 1 saturated carbocycles. The minimum Gasteiger partial charge on any atom is -0.362 e. The van der Waals surface area contributed by atoms with E-state index in [2.05, 4.69) is 70.7 Å². The normalized spacial score (nSPS) is 24.1. The summed E-state index contributed by atoms with van der Waals surface area (Å²) in [6.07, 6.45) is 7.21. The molecule has 0 aromatic heterocycles. The lowest BCUT2D eigenvalue weighted by Crippen LogP contribution is -2.40. The summed E-state index contributed by atoms with van der Waals surface area (Å²) in [5.74, 6) is 0.742. The molecular formula is C20H22N2. The fourth-order valence-corrected chi connectivity index (χ4v) is 3.93. The first-order valence-electron chi connectivity index (χ1n) is 8.35. The average molecular weight is 290 g/mol. The number of fused-ring (bicyclic) bond motifs is 1. The highest BCUT2D eigenvalue weighted by Crippen LogP contribution is 2.39. The summed E-state index contributed by atoms with van der Waals surface area (Å²) in [6.45, 7) is 0.956. The van der Waals surface area contributed by atoms with Crippen molar-refractivity contribution in [3.05, 3.63) is 60.2 Å². The number of benzene rings is 2. The van der Waals surface area contributed by atoms with Gasteiger partial charge in [0.05, 0.1) is 17.9 Å². The first kappa shape index (κ1) is 13.6. The number of rotatable bonds is 2. The molecular weight excluding hydrogens is 268 g/mol. The quantitative estimate of drug-likeness (QED) is 0.765. The first-order valence-corrected chi connectivity index (χ1v) is 8.35. The van der Waals surface area contributed by atoms with Crippen molar-refractivity contribution in [2.75, 3.05) is 11.4 Å². The summed E-state index contributed by atoms with van der Waals surface area (Å²) in [7, 11) is 0. The lowest BCUT2D eigenvalue weighted by molar-refractivity contribution is 0.382. The monoisotopic (exact) mass is 290 g/mol. The molecule has 1 aliphatic carbocycles. The number of para-hydroxylation sites is 2. The molecule has 22 heavy (non-hydrogen) atoms. The van der Waals surface area contributed by atoms with Gasteiger partial charge >= 0.3 is 0 Å². The van der Waals surface area contributed by atoms with E-state index in [9.17, 15) is 0 Å². The summed E-state index contributed by atoms with van der Waals surface area (Å²) < 4.78 is 0. The smallest absolute Gasteiger partial charge is 0.0860 e. The Morgan fingerprint density at radius 1 is 0.818 bits per heavy atom. The summed E-state index contributed by atoms with van der Waals surface area (Å²) in [6, 6.07) is 20.2. The fourth-order valence-electron chi connectivity index (χ4n) is 3.93. The van der Waals surface area contributed by atoms with Gasteiger partial charge in [-0.2, -0.15) is 0 Å². The molecule has 2 aliphatic rings. The topological polar surface area (TPSA) is 15.6 Å². The maximum atomic E-state index is 4.53. The lowest BCUT2D eigenvalue weighted by atomic mass is 9.81. The van der Waals surface area contributed by atoms with Gasteiger partial charge in [-0.1, -0.05) is 42.5 Å². The van der Waals surface area contributed by atoms with Crippen LogP contribution in [0.3, 0.4) is 0 Å². The Hall–Kier alpha value is -2.09. The van der Waals surface area contributed by atoms with Gasteiger partial charge in [-0.05, 0) is 49.3 Å². The van der Waals surface area contributed by atoms with Crippen molar-refractivity contribution < 1.29 is 0 Å². The molecule has 2 aromatic rings. The summed E-state index contributed by atoms with van der Waals surface area (Å²) in [5.41, 5.74) is 3.95. The van der Waals surface area contributed by atoms with Crippen LogP contribution >= 0.6 is 0 Å². The zero-order valence-electron chi connectivity index (χ0n) is 12.9. The van der Waals surface area contributed by atoms with Crippen LogP contribution in [-0.2, 0) is 0 Å². The van der Waals surface area contributed by atoms with E-state index in [-0.39, 0.29) is 0 Å². The molecule has 0 amide bonds. The van der Waals surface area contributed by atoms with Crippen LogP contribution in [0.2, 0.25) is 0 Å². The van der Waals surface area contributed by atoms with Crippen LogP contribution in [0.1, 0.15) is 37.2 Å². The van der Waals surface area contributed by atoms with Gasteiger partial charge in [-0.25, -0.2) is 0 Å². The molecule has 0 saturated heterocycles. The van der Waals surface area contributed by atoms with Crippen molar-refractivity contribution in [2.45, 2.75) is 37.6 Å². The van der Waals surface area contributed by atoms with Crippen LogP contribution in [0.5, 0.6) is 0 Å². The lowest BCUT2D eigenvalue weighted by Gasteiger charge is -2.39. The summed E-state index contributed by atoms with van der Waals surface area (Å²) in [5, 5.41) is 0. The van der Waals surface area contributed by atoms with E-state index in [4.69, 9.17) is 0 Å². The third kappa shape index (κ3) is 2.54. The van der Waals surface area contributed by atoms with E-state index in [1.165, 1.54) is 36.9 Å². The molecule has 2 aromatic carbocycles. The van der Waals surface area contributed by atoms with E-state index in [0.29, 0.717) is 6.04 Å². The van der Waals surface area contributed by atoms with E-state index in [1.54, 1.807) is 0 Å². The van der Waals surface area contributed by atoms with Crippen LogP contribution in [0.25, 0.3) is 0 Å². The van der Waals surface area contributed by atoms with Gasteiger partial charge in [-0.15, -0.1) is 0 Å². The zero-order chi connectivity index (χ0) is 14.8. The van der Waals surface area contributed by atoms with Gasteiger partial charge in [0.2, 0.25) is 0 Å². The largest absolute Gasteiger partial charge is 0.362 e. The minimum atomic E-state index is 0.660. The van der Waals surface area contributed by atoms with Crippen LogP contribution in [0.15, 0.2) is 59.6 Å². The molecule has 2 nitrogen and oxygen atoms in total. The SMILES string of the molecule is C1=Nc2ccccc2N(C2CCC(c3ccccc3)CC2)C1. The number of anilines is 1. The van der Waals surface area contributed by atoms with Gasteiger partial charge in [0, 0.05) is 12.3 Å². The van der Waals surface area contributed by atoms with Crippen molar-refractivity contribution in [3.8, 4) is 0 Å². The number of aliphatic imine (C=N–C) groups is 1. The van der Waals surface area contributed by atoms with Gasteiger partial charge in [0.15, 0.2) is 0 Å². The first-order chi connectivity index (χ1) is 10.9. The molecule has 0 spiro atoms. The Labute approximate surface area is 132 Å². The molecule has 112 valence electrons. The van der Waals surface area contributed by atoms with Crippen molar-refractivity contribution in [3.63, 3.8) is 0 Å². The molecule has 1 aliphatic heterocycles. The predicted molar refractivity (Wildman–Crippen MR) is 93.4 cm³/mol. The fraction of sp³-hybridized carbons (Fsp3) is 0.350. The molecule has 0 unspecified atom stereocenters. The van der Waals surface area contributed by atoms with Crippen LogP contribution in [0.4, 0.5) is 11.4 Å². The number of nitrogens with zero attached hydrogens (tertiary/aromatic N) is 2. The summed E-state index contributed by atoms with van der Waals surface area (Å²) >= 11 is 0. The maximum Gasteiger partial charge on any atom is 0.0860 e. The number of hydrogen-bond donors (Lipinski definition) is 0. The average Bonchev–Trinajstić information content (AvgIpc) is 2.62. The van der Waals surface area contributed by atoms with E-state index >= 15 is 0 Å². The molecule has 1 heterocycles. The van der Waals surface area contributed by atoms with E-state index in [0.717, 1.165) is 18.2 Å². The van der Waals surface area contributed by atoms with Gasteiger partial charge in [0.25, 0.3) is 0 Å². The Morgan fingerprint density at radius 2 is 1.55 bits per heavy atom. The molecule has 0 N–H and O–H groups in total. The Kier molecular flexibility index (Phi) is 3.67. The molecule has 4 rings (SSSR count). The van der Waals surface area contributed by atoms with E-state index in [1.807, 2.05) is 0 Å². The minimum absolute atomic E-state index is 0.660. The zero-order valence-corrected chi connectivity index (χ0v) is 12.9. The van der Waals surface area contributed by atoms with Crippen LogP contribution in [-0.4, -0.2) is 18.8 Å². The third-order valence-corrected chi connectivity index (χ3v) is 5.11. The standard InChI is InChI=1S/C20H22N2/c1-2-6-16(7-3-1)17-10-12-18(13-11-17)22-15-14-21-19-8-4-5-9-20(19)22/h1-9,14,17-18H,10-13,15H2. The van der Waals surface area contributed by atoms with Crippen molar-refractivity contribution in [1.82, 2.24) is 0 Å². The Morgan fingerprint density at radius 3 is 2.36 bits per heavy atom. The van der Waals surface area contributed by atoms with Gasteiger partial charge in [-0.3, -0.25) is 4.99 Å². The Bertz CT molecular complexity index is 654. The van der Waals surface area contributed by atoms with E-state index < -0.39 is 0 Å². The van der Waals surface area contributed by atoms with Crippen molar-refractivity contribution >= 4 is 17.6 Å². The molecule has 0 radical (unpaired) electrons. The van der Waals surface area contributed by atoms with Crippen LogP contribution in [0, 0.1) is 0 Å². The highest BCUT2D eigenvalue weighted by atomic mass is 15.2. The molecule has 2 heteroatoms. The van der Waals surface area contributed by atoms with Gasteiger partial charge < -0.3 is 4.90 Å². The predicted octanol–water partition coefficient (Wildman–Crippen LogP) is 4.94. The molecule has 1 fully saturated rings. The van der Waals surface area contributed by atoms with Gasteiger partial charge in [0.1, 0.15) is 0 Å². The molecule has 0 bridgehead atoms. The third-order valence-electron chi connectivity index (χ3n) is 5.11. The van der Waals surface area contributed by atoms with Crippen LogP contribution < -0.4 is 4.90 Å². The highest BCUT2D eigenvalue weighted by molar-refractivity contribution is 5.81. The maximum absolute atomic E-state index is 4.53. The second-order valence-electron chi connectivity index (χ2n) is 6.37. The Balaban J connectivity index is 1.47. The molecule has 0 atom stereocenters.